The molecule has 0 aliphatic carbocycles. The van der Waals surface area contributed by atoms with Crippen molar-refractivity contribution < 1.29 is 13.9 Å². The third-order valence-corrected chi connectivity index (χ3v) is 3.24. The normalized spacial score (nSPS) is 10.5. The number of ether oxygens (including phenoxy) is 2. The lowest BCUT2D eigenvalue weighted by Gasteiger charge is -2.11. The molecular weight excluding hydrogens is 341 g/mol. The minimum absolute atomic E-state index is 0.303. The topological polar surface area (TPSA) is 54.9 Å². The summed E-state index contributed by atoms with van der Waals surface area (Å²) >= 11 is 5.13. The molecule has 0 saturated carbocycles. The molecule has 0 bridgehead atoms. The first-order chi connectivity index (χ1) is 12.1. The van der Waals surface area contributed by atoms with Crippen LogP contribution in [0.15, 0.2) is 47.6 Å². The third-order valence-electron chi connectivity index (χ3n) is 3.05. The van der Waals surface area contributed by atoms with Crippen LogP contribution >= 0.6 is 12.2 Å². The van der Waals surface area contributed by atoms with Crippen LogP contribution in [0.25, 0.3) is 0 Å². The molecule has 25 heavy (non-hydrogen) atoms. The van der Waals surface area contributed by atoms with Gasteiger partial charge in [-0.25, -0.2) is 4.39 Å². The molecule has 0 fully saturated rings. The number of hydrogen-bond acceptors (Lipinski definition) is 4. The summed E-state index contributed by atoms with van der Waals surface area (Å²) in [5, 5.41) is 7.30. The second kappa shape index (κ2) is 9.58. The van der Waals surface area contributed by atoms with E-state index in [1.54, 1.807) is 18.3 Å². The Balaban J connectivity index is 1.95. The Kier molecular flexibility index (Phi) is 7.16. The maximum atomic E-state index is 12.9. The maximum Gasteiger partial charge on any atom is 0.191 e. The summed E-state index contributed by atoms with van der Waals surface area (Å²) in [6.45, 7) is 4.95. The van der Waals surface area contributed by atoms with E-state index in [9.17, 15) is 4.39 Å². The van der Waals surface area contributed by atoms with E-state index in [-0.39, 0.29) is 5.82 Å². The van der Waals surface area contributed by atoms with Crippen molar-refractivity contribution in [2.75, 3.05) is 18.5 Å². The summed E-state index contributed by atoms with van der Waals surface area (Å²) in [5.41, 5.74) is 4.22. The van der Waals surface area contributed by atoms with Crippen molar-refractivity contribution in [2.24, 2.45) is 5.10 Å². The molecule has 0 heterocycles. The lowest BCUT2D eigenvalue weighted by atomic mass is 10.2. The summed E-state index contributed by atoms with van der Waals surface area (Å²) in [6, 6.07) is 11.4. The predicted molar refractivity (Wildman–Crippen MR) is 102 cm³/mol. The number of thiocarbonyl (C=S) groups is 1. The van der Waals surface area contributed by atoms with Crippen molar-refractivity contribution in [3.63, 3.8) is 0 Å². The van der Waals surface area contributed by atoms with E-state index >= 15 is 0 Å². The Labute approximate surface area is 151 Å². The maximum absolute atomic E-state index is 12.9. The highest BCUT2D eigenvalue weighted by Gasteiger charge is 2.05. The van der Waals surface area contributed by atoms with Gasteiger partial charge in [-0.15, -0.1) is 0 Å². The molecule has 2 rings (SSSR count). The van der Waals surface area contributed by atoms with Crippen molar-refractivity contribution in [1.29, 1.82) is 0 Å². The molecule has 0 radical (unpaired) electrons. The summed E-state index contributed by atoms with van der Waals surface area (Å²) in [4.78, 5) is 0. The van der Waals surface area contributed by atoms with Crippen LogP contribution < -0.4 is 20.2 Å². The van der Waals surface area contributed by atoms with Crippen LogP contribution in [-0.2, 0) is 0 Å². The summed E-state index contributed by atoms with van der Waals surface area (Å²) in [7, 11) is 0. The first-order valence-corrected chi connectivity index (χ1v) is 8.28. The van der Waals surface area contributed by atoms with Crippen LogP contribution in [0.4, 0.5) is 10.1 Å². The third kappa shape index (κ3) is 6.04. The molecule has 132 valence electrons. The molecule has 0 aliphatic rings. The smallest absolute Gasteiger partial charge is 0.191 e. The van der Waals surface area contributed by atoms with Gasteiger partial charge in [0.15, 0.2) is 16.6 Å². The van der Waals surface area contributed by atoms with Gasteiger partial charge in [0.2, 0.25) is 0 Å². The number of nitrogens with zero attached hydrogens (tertiary/aromatic N) is 1. The molecule has 2 aromatic carbocycles. The lowest BCUT2D eigenvalue weighted by molar-refractivity contribution is 0.288. The summed E-state index contributed by atoms with van der Waals surface area (Å²) in [6.07, 6.45) is 1.62. The van der Waals surface area contributed by atoms with Crippen molar-refractivity contribution >= 4 is 29.2 Å². The second-order valence-electron chi connectivity index (χ2n) is 4.90. The number of rotatable bonds is 7. The highest BCUT2D eigenvalue weighted by molar-refractivity contribution is 7.80. The van der Waals surface area contributed by atoms with Crippen molar-refractivity contribution in [3.8, 4) is 11.5 Å². The van der Waals surface area contributed by atoms with E-state index in [2.05, 4.69) is 15.8 Å². The zero-order valence-corrected chi connectivity index (χ0v) is 14.9. The van der Waals surface area contributed by atoms with E-state index in [1.165, 1.54) is 12.1 Å². The highest BCUT2D eigenvalue weighted by atomic mass is 32.1. The van der Waals surface area contributed by atoms with E-state index in [4.69, 9.17) is 21.7 Å². The number of anilines is 1. The number of hydrazone groups is 1. The van der Waals surface area contributed by atoms with Crippen LogP contribution in [-0.4, -0.2) is 24.5 Å². The van der Waals surface area contributed by atoms with E-state index in [1.807, 2.05) is 32.0 Å². The molecule has 2 aromatic rings. The van der Waals surface area contributed by atoms with E-state index < -0.39 is 0 Å². The summed E-state index contributed by atoms with van der Waals surface area (Å²) < 4.78 is 23.9. The van der Waals surface area contributed by atoms with Crippen molar-refractivity contribution in [2.45, 2.75) is 13.8 Å². The van der Waals surface area contributed by atoms with Gasteiger partial charge in [0, 0.05) is 5.69 Å². The first-order valence-electron chi connectivity index (χ1n) is 7.87. The minimum Gasteiger partial charge on any atom is -0.490 e. The molecule has 0 spiro atoms. The Morgan fingerprint density at radius 1 is 1.08 bits per heavy atom. The minimum atomic E-state index is -0.303. The number of nitrogens with one attached hydrogen (secondary N) is 2. The molecule has 0 unspecified atom stereocenters. The zero-order chi connectivity index (χ0) is 18.1. The van der Waals surface area contributed by atoms with Gasteiger partial charge in [0.1, 0.15) is 5.82 Å². The number of benzene rings is 2. The molecule has 5 nitrogen and oxygen atoms in total. The summed E-state index contributed by atoms with van der Waals surface area (Å²) in [5.74, 6) is 1.06. The molecule has 0 aromatic heterocycles. The van der Waals surface area contributed by atoms with Gasteiger partial charge in [-0.05, 0) is 74.1 Å². The van der Waals surface area contributed by atoms with Crippen LogP contribution in [0, 0.1) is 5.82 Å². The van der Waals surface area contributed by atoms with Crippen LogP contribution in [0.3, 0.4) is 0 Å². The van der Waals surface area contributed by atoms with Gasteiger partial charge in [0.25, 0.3) is 0 Å². The van der Waals surface area contributed by atoms with Crippen LogP contribution in [0.2, 0.25) is 0 Å². The average Bonchev–Trinajstić information content (AvgIpc) is 2.59. The largest absolute Gasteiger partial charge is 0.490 e. The molecule has 0 amide bonds. The Morgan fingerprint density at radius 2 is 1.76 bits per heavy atom. The monoisotopic (exact) mass is 361 g/mol. The average molecular weight is 361 g/mol. The van der Waals surface area contributed by atoms with Crippen LogP contribution in [0.1, 0.15) is 19.4 Å². The van der Waals surface area contributed by atoms with Crippen LogP contribution in [0.5, 0.6) is 11.5 Å². The van der Waals surface area contributed by atoms with E-state index in [0.29, 0.717) is 35.5 Å². The number of hydrogen-bond donors (Lipinski definition) is 2. The fraction of sp³-hybridized carbons (Fsp3) is 0.222. The predicted octanol–water partition coefficient (Wildman–Crippen LogP) is 3.94. The second-order valence-corrected chi connectivity index (χ2v) is 5.31. The van der Waals surface area contributed by atoms with Gasteiger partial charge in [0.05, 0.1) is 19.4 Å². The zero-order valence-electron chi connectivity index (χ0n) is 14.1. The Hall–Kier alpha value is -2.67. The Morgan fingerprint density at radius 3 is 2.44 bits per heavy atom. The standard InChI is InChI=1S/C18H20FN3O2S/c1-3-23-16-10-5-13(11-17(16)24-4-2)12-20-22-18(25)21-15-8-6-14(19)7-9-15/h5-12H,3-4H2,1-2H3,(H2,21,22,25)/b20-12+. The molecule has 7 heteroatoms. The molecular formula is C18H20FN3O2S. The molecule has 0 saturated heterocycles. The van der Waals surface area contributed by atoms with Gasteiger partial charge in [-0.2, -0.15) is 5.10 Å². The van der Waals surface area contributed by atoms with Crippen molar-refractivity contribution in [1.82, 2.24) is 5.43 Å². The fourth-order valence-electron chi connectivity index (χ4n) is 2.01. The van der Waals surface area contributed by atoms with Crippen molar-refractivity contribution in [3.05, 3.63) is 53.8 Å². The molecule has 0 aliphatic heterocycles. The van der Waals surface area contributed by atoms with Gasteiger partial charge < -0.3 is 14.8 Å². The molecule has 2 N–H and O–H groups in total. The fourth-order valence-corrected chi connectivity index (χ4v) is 2.18. The van der Waals surface area contributed by atoms with E-state index in [0.717, 1.165) is 5.56 Å². The van der Waals surface area contributed by atoms with Gasteiger partial charge >= 0.3 is 0 Å². The number of halogens is 1. The SMILES string of the molecule is CCOc1ccc(/C=N/NC(=S)Nc2ccc(F)cc2)cc1OCC. The molecule has 0 atom stereocenters. The Bertz CT molecular complexity index is 736. The highest BCUT2D eigenvalue weighted by Crippen LogP contribution is 2.27. The lowest BCUT2D eigenvalue weighted by Crippen LogP contribution is -2.23. The van der Waals surface area contributed by atoms with Gasteiger partial charge in [-0.1, -0.05) is 0 Å². The van der Waals surface area contributed by atoms with Gasteiger partial charge in [-0.3, -0.25) is 5.43 Å². The first kappa shape index (κ1) is 18.7. The quantitative estimate of drug-likeness (QED) is 0.444.